The average Bonchev–Trinajstić information content (AvgIpc) is 2.64. The van der Waals surface area contributed by atoms with Gasteiger partial charge in [0, 0.05) is 16.3 Å². The highest BCUT2D eigenvalue weighted by Crippen LogP contribution is 2.24. The number of H-pyrrole nitrogens is 1. The highest BCUT2D eigenvalue weighted by atomic mass is 35.5. The predicted molar refractivity (Wildman–Crippen MR) is 71.3 cm³/mol. The molecule has 8 heteroatoms. The molecule has 112 valence electrons. The van der Waals surface area contributed by atoms with Crippen molar-refractivity contribution in [1.82, 2.24) is 9.55 Å². The van der Waals surface area contributed by atoms with Crippen LogP contribution in [0.1, 0.15) is 5.69 Å². The van der Waals surface area contributed by atoms with Crippen LogP contribution in [0.25, 0.3) is 11.3 Å². The zero-order chi connectivity index (χ0) is 15.8. The maximum absolute atomic E-state index is 12.4. The lowest BCUT2D eigenvalue weighted by Gasteiger charge is -2.10. The summed E-state index contributed by atoms with van der Waals surface area (Å²) < 4.78 is 37.9. The second-order valence-electron chi connectivity index (χ2n) is 4.42. The van der Waals surface area contributed by atoms with Gasteiger partial charge in [-0.2, -0.15) is 13.2 Å². The van der Waals surface area contributed by atoms with E-state index in [9.17, 15) is 22.8 Å². The fourth-order valence-corrected chi connectivity index (χ4v) is 2.08. The number of hydrogen-bond donors (Lipinski definition) is 1. The van der Waals surface area contributed by atoms with Crippen LogP contribution in [-0.2, 0) is 11.3 Å². The quantitative estimate of drug-likeness (QED) is 0.946. The second-order valence-corrected chi connectivity index (χ2v) is 4.85. The molecule has 1 heterocycles. The summed E-state index contributed by atoms with van der Waals surface area (Å²) in [6.07, 6.45) is -4.98. The lowest BCUT2D eigenvalue weighted by molar-refractivity contribution is -0.171. The summed E-state index contributed by atoms with van der Waals surface area (Å²) in [7, 11) is 0. The molecule has 0 fully saturated rings. The molecule has 0 saturated carbocycles. The third kappa shape index (κ3) is 3.18. The Bertz CT molecular complexity index is 729. The van der Waals surface area contributed by atoms with Gasteiger partial charge in [0.25, 0.3) is 5.78 Å². The fourth-order valence-electron chi connectivity index (χ4n) is 1.96. The zero-order valence-electron chi connectivity index (χ0n) is 10.8. The number of aromatic amines is 1. The summed E-state index contributed by atoms with van der Waals surface area (Å²) >= 11 is 5.75. The Morgan fingerprint density at radius 3 is 2.38 bits per heavy atom. The molecule has 0 radical (unpaired) electrons. The van der Waals surface area contributed by atoms with Crippen LogP contribution in [0, 0.1) is 6.92 Å². The van der Waals surface area contributed by atoms with E-state index in [0.29, 0.717) is 16.3 Å². The molecule has 1 aromatic heterocycles. The number of carbonyl (C=O) groups is 1. The van der Waals surface area contributed by atoms with E-state index in [1.807, 2.05) is 0 Å². The number of carbonyl (C=O) groups excluding carboxylic acids is 1. The summed E-state index contributed by atoms with van der Waals surface area (Å²) in [4.78, 5) is 25.2. The van der Waals surface area contributed by atoms with Crippen molar-refractivity contribution < 1.29 is 18.0 Å². The number of nitrogens with one attached hydrogen (secondary N) is 1. The second kappa shape index (κ2) is 5.40. The van der Waals surface area contributed by atoms with Gasteiger partial charge in [-0.25, -0.2) is 4.79 Å². The molecule has 0 aliphatic heterocycles. The minimum atomic E-state index is -4.98. The molecule has 0 aliphatic carbocycles. The lowest BCUT2D eigenvalue weighted by atomic mass is 10.1. The molecule has 0 amide bonds. The molecule has 0 bridgehead atoms. The van der Waals surface area contributed by atoms with E-state index < -0.39 is 24.2 Å². The maximum Gasteiger partial charge on any atom is 0.451 e. The molecule has 1 aromatic carbocycles. The van der Waals surface area contributed by atoms with Crippen LogP contribution in [0.3, 0.4) is 0 Å². The minimum absolute atomic E-state index is 0.231. The van der Waals surface area contributed by atoms with E-state index in [1.54, 1.807) is 31.2 Å². The molecule has 21 heavy (non-hydrogen) atoms. The zero-order valence-corrected chi connectivity index (χ0v) is 11.5. The number of hydrogen-bond acceptors (Lipinski definition) is 2. The van der Waals surface area contributed by atoms with Gasteiger partial charge in [0.05, 0.1) is 12.2 Å². The molecule has 0 aliphatic rings. The Kier molecular flexibility index (Phi) is 3.95. The molecule has 1 N–H and O–H groups in total. The van der Waals surface area contributed by atoms with Crippen molar-refractivity contribution in [2.45, 2.75) is 19.6 Å². The van der Waals surface area contributed by atoms with Crippen LogP contribution in [0.4, 0.5) is 13.2 Å². The van der Waals surface area contributed by atoms with E-state index >= 15 is 0 Å². The molecule has 2 aromatic rings. The molecule has 0 spiro atoms. The maximum atomic E-state index is 12.4. The van der Waals surface area contributed by atoms with Crippen molar-refractivity contribution in [3.8, 4) is 11.3 Å². The largest absolute Gasteiger partial charge is 0.451 e. The van der Waals surface area contributed by atoms with Crippen LogP contribution in [0.5, 0.6) is 0 Å². The molecule has 4 nitrogen and oxygen atoms in total. The van der Waals surface area contributed by atoms with Crippen molar-refractivity contribution >= 4 is 17.4 Å². The number of imidazole rings is 1. The van der Waals surface area contributed by atoms with Gasteiger partial charge in [-0.3, -0.25) is 9.36 Å². The van der Waals surface area contributed by atoms with Crippen LogP contribution >= 0.6 is 11.6 Å². The molecular weight excluding hydrogens is 309 g/mol. The first-order valence-electron chi connectivity index (χ1n) is 5.85. The van der Waals surface area contributed by atoms with Gasteiger partial charge in [-0.05, 0) is 19.1 Å². The van der Waals surface area contributed by atoms with Crippen LogP contribution in [0.2, 0.25) is 5.02 Å². The third-order valence-electron chi connectivity index (χ3n) is 2.90. The van der Waals surface area contributed by atoms with Crippen LogP contribution in [0.15, 0.2) is 29.1 Å². The van der Waals surface area contributed by atoms with E-state index in [0.717, 1.165) is 4.57 Å². The number of rotatable bonds is 3. The normalized spacial score (nSPS) is 11.7. The Labute approximate surface area is 122 Å². The number of aryl methyl sites for hydroxylation is 1. The standard InChI is InChI=1S/C13H10ClF3N2O2/c1-7-11(8-2-4-9(14)5-3-8)19(12(21)18-7)6-10(20)13(15,16)17/h2-5H,6H2,1H3,(H,18,21). The Morgan fingerprint density at radius 2 is 1.86 bits per heavy atom. The van der Waals surface area contributed by atoms with E-state index in [-0.39, 0.29) is 5.69 Å². The first kappa shape index (κ1) is 15.4. The molecule has 2 rings (SSSR count). The number of alkyl halides is 3. The van der Waals surface area contributed by atoms with Crippen molar-refractivity contribution in [3.05, 3.63) is 45.5 Å². The Hall–Kier alpha value is -2.02. The molecule has 0 unspecified atom stereocenters. The first-order valence-corrected chi connectivity index (χ1v) is 6.23. The first-order chi connectivity index (χ1) is 9.70. The summed E-state index contributed by atoms with van der Waals surface area (Å²) in [5.74, 6) is -1.99. The summed E-state index contributed by atoms with van der Waals surface area (Å²) in [5.41, 5.74) is 0.326. The predicted octanol–water partition coefficient (Wildman–Crippen LogP) is 2.94. The highest BCUT2D eigenvalue weighted by Gasteiger charge is 2.38. The fraction of sp³-hybridized carbons (Fsp3) is 0.231. The SMILES string of the molecule is Cc1[nH]c(=O)n(CC(=O)C(F)(F)F)c1-c1ccc(Cl)cc1. The van der Waals surface area contributed by atoms with Gasteiger partial charge < -0.3 is 4.98 Å². The number of aromatic nitrogens is 2. The Morgan fingerprint density at radius 1 is 1.29 bits per heavy atom. The number of halogens is 4. The van der Waals surface area contributed by atoms with Crippen LogP contribution in [-0.4, -0.2) is 21.5 Å². The summed E-state index contributed by atoms with van der Waals surface area (Å²) in [5, 5.41) is 0.451. The number of ketones is 1. The van der Waals surface area contributed by atoms with Crippen molar-refractivity contribution in [2.75, 3.05) is 0 Å². The topological polar surface area (TPSA) is 54.9 Å². The van der Waals surface area contributed by atoms with E-state index in [4.69, 9.17) is 11.6 Å². The monoisotopic (exact) mass is 318 g/mol. The van der Waals surface area contributed by atoms with Crippen molar-refractivity contribution in [2.24, 2.45) is 0 Å². The van der Waals surface area contributed by atoms with Crippen molar-refractivity contribution in [3.63, 3.8) is 0 Å². The Balaban J connectivity index is 2.50. The highest BCUT2D eigenvalue weighted by molar-refractivity contribution is 6.30. The minimum Gasteiger partial charge on any atom is -0.309 e. The smallest absolute Gasteiger partial charge is 0.309 e. The number of nitrogens with zero attached hydrogens (tertiary/aromatic N) is 1. The number of benzene rings is 1. The van der Waals surface area contributed by atoms with Gasteiger partial charge in [-0.1, -0.05) is 23.7 Å². The van der Waals surface area contributed by atoms with Gasteiger partial charge >= 0.3 is 11.9 Å². The molecule has 0 saturated heterocycles. The van der Waals surface area contributed by atoms with Gasteiger partial charge in [0.2, 0.25) is 0 Å². The van der Waals surface area contributed by atoms with Gasteiger partial charge in [-0.15, -0.1) is 0 Å². The van der Waals surface area contributed by atoms with Gasteiger partial charge in [0.1, 0.15) is 0 Å². The van der Waals surface area contributed by atoms with E-state index in [2.05, 4.69) is 4.98 Å². The van der Waals surface area contributed by atoms with E-state index in [1.165, 1.54) is 0 Å². The summed E-state index contributed by atoms with van der Waals surface area (Å²) in [6.45, 7) is 0.477. The van der Waals surface area contributed by atoms with Crippen LogP contribution < -0.4 is 5.69 Å². The average molecular weight is 319 g/mol. The van der Waals surface area contributed by atoms with Gasteiger partial charge in [0.15, 0.2) is 0 Å². The number of Topliss-reactive ketones (excluding diaryl/α,β-unsaturated/α-hetero) is 1. The lowest BCUT2D eigenvalue weighted by Crippen LogP contribution is -2.31. The summed E-state index contributed by atoms with van der Waals surface area (Å²) in [6, 6.07) is 6.21. The molecule has 0 atom stereocenters. The third-order valence-corrected chi connectivity index (χ3v) is 3.15. The molecular formula is C13H10ClF3N2O2. The van der Waals surface area contributed by atoms with Crippen molar-refractivity contribution in [1.29, 1.82) is 0 Å².